The SMILES string of the molecule is CC(C)(O)C(=O)c1ccc(C(OCCOCCOC(c2ccc(C(=O)C(C)(C)O)cc2)c2cccc(C(=O)C(C)(C)O)c2)c2cccc(C(=O)C(C)(C)O)c2)cc1. The van der Waals surface area contributed by atoms with Crippen molar-refractivity contribution in [3.63, 3.8) is 0 Å². The summed E-state index contributed by atoms with van der Waals surface area (Å²) in [5.41, 5.74) is -2.37. The molecule has 0 amide bonds. The van der Waals surface area contributed by atoms with Crippen molar-refractivity contribution in [2.45, 2.75) is 90.0 Å². The number of hydrogen-bond donors (Lipinski definition) is 4. The normalized spacial score (nSPS) is 13.5. The number of Topliss-reactive ketones (excluding diaryl/α,β-unsaturated/α-hetero) is 4. The van der Waals surface area contributed by atoms with Crippen LogP contribution in [0.1, 0.15) is 131 Å². The summed E-state index contributed by atoms with van der Waals surface area (Å²) in [7, 11) is 0. The highest BCUT2D eigenvalue weighted by atomic mass is 16.5. The van der Waals surface area contributed by atoms with Crippen molar-refractivity contribution in [2.75, 3.05) is 26.4 Å². The van der Waals surface area contributed by atoms with Crippen LogP contribution < -0.4 is 0 Å². The van der Waals surface area contributed by atoms with E-state index < -0.39 is 57.7 Å². The zero-order chi connectivity index (χ0) is 42.3. The number of benzene rings is 4. The summed E-state index contributed by atoms with van der Waals surface area (Å²) in [6.07, 6.45) is -1.36. The second-order valence-electron chi connectivity index (χ2n) is 16.2. The van der Waals surface area contributed by atoms with Crippen LogP contribution in [0, 0.1) is 0 Å². The first-order valence-corrected chi connectivity index (χ1v) is 18.8. The summed E-state index contributed by atoms with van der Waals surface area (Å²) in [6.45, 7) is 11.9. The minimum Gasteiger partial charge on any atom is -0.382 e. The van der Waals surface area contributed by atoms with Crippen LogP contribution in [0.3, 0.4) is 0 Å². The molecule has 4 rings (SSSR count). The van der Waals surface area contributed by atoms with E-state index in [0.717, 1.165) is 0 Å². The number of aliphatic hydroxyl groups is 4. The summed E-state index contributed by atoms with van der Waals surface area (Å²) in [4.78, 5) is 51.2. The molecule has 0 spiro atoms. The maximum absolute atomic E-state index is 12.9. The number of rotatable bonds is 20. The van der Waals surface area contributed by atoms with E-state index in [9.17, 15) is 39.6 Å². The van der Waals surface area contributed by atoms with E-state index in [-0.39, 0.29) is 26.4 Å². The molecule has 0 saturated heterocycles. The molecule has 57 heavy (non-hydrogen) atoms. The molecular weight excluding hydrogens is 728 g/mol. The molecule has 0 radical (unpaired) electrons. The van der Waals surface area contributed by atoms with Crippen molar-refractivity contribution in [3.8, 4) is 0 Å². The van der Waals surface area contributed by atoms with Crippen LogP contribution in [0.5, 0.6) is 0 Å². The number of carbonyl (C=O) groups is 4. The Bertz CT molecular complexity index is 1870. The van der Waals surface area contributed by atoms with Gasteiger partial charge >= 0.3 is 0 Å². The van der Waals surface area contributed by atoms with Gasteiger partial charge in [0.15, 0.2) is 23.1 Å². The average molecular weight is 783 g/mol. The molecular formula is C46H54O11. The first kappa shape index (κ1) is 45.0. The van der Waals surface area contributed by atoms with E-state index in [0.29, 0.717) is 44.5 Å². The monoisotopic (exact) mass is 782 g/mol. The van der Waals surface area contributed by atoms with Gasteiger partial charge in [-0.25, -0.2) is 0 Å². The summed E-state index contributed by atoms with van der Waals surface area (Å²) in [5, 5.41) is 41.2. The maximum Gasteiger partial charge on any atom is 0.193 e. The molecule has 11 nitrogen and oxygen atoms in total. The van der Waals surface area contributed by atoms with Crippen LogP contribution in [0.25, 0.3) is 0 Å². The van der Waals surface area contributed by atoms with Crippen LogP contribution >= 0.6 is 0 Å². The molecule has 0 saturated carbocycles. The Balaban J connectivity index is 1.49. The Morgan fingerprint density at radius 3 is 1.02 bits per heavy atom. The number of hydrogen-bond acceptors (Lipinski definition) is 11. The number of ether oxygens (including phenoxy) is 3. The lowest BCUT2D eigenvalue weighted by molar-refractivity contribution is -0.0125. The molecule has 304 valence electrons. The van der Waals surface area contributed by atoms with Gasteiger partial charge in [0, 0.05) is 22.3 Å². The highest BCUT2D eigenvalue weighted by molar-refractivity contribution is 6.03. The number of ketones is 4. The third-order valence-electron chi connectivity index (χ3n) is 9.10. The van der Waals surface area contributed by atoms with Crippen LogP contribution in [0.15, 0.2) is 97.1 Å². The fraction of sp³-hybridized carbons (Fsp3) is 0.391. The molecule has 0 aliphatic carbocycles. The Morgan fingerprint density at radius 2 is 0.719 bits per heavy atom. The van der Waals surface area contributed by atoms with Gasteiger partial charge in [-0.1, -0.05) is 84.9 Å². The minimum atomic E-state index is -1.58. The van der Waals surface area contributed by atoms with Gasteiger partial charge in [0.1, 0.15) is 34.6 Å². The average Bonchev–Trinajstić information content (AvgIpc) is 3.15. The van der Waals surface area contributed by atoms with Crippen LogP contribution in [0.4, 0.5) is 0 Å². The van der Waals surface area contributed by atoms with Crippen molar-refractivity contribution in [1.82, 2.24) is 0 Å². The largest absolute Gasteiger partial charge is 0.382 e. The molecule has 4 N–H and O–H groups in total. The first-order valence-electron chi connectivity index (χ1n) is 18.8. The van der Waals surface area contributed by atoms with Gasteiger partial charge in [-0.15, -0.1) is 0 Å². The van der Waals surface area contributed by atoms with Crippen molar-refractivity contribution in [2.24, 2.45) is 0 Å². The van der Waals surface area contributed by atoms with Crippen LogP contribution in [-0.2, 0) is 14.2 Å². The Labute approximate surface area is 334 Å². The summed E-state index contributed by atoms with van der Waals surface area (Å²) < 4.78 is 18.5. The van der Waals surface area contributed by atoms with Gasteiger partial charge in [0.05, 0.1) is 26.4 Å². The predicted molar refractivity (Wildman–Crippen MR) is 215 cm³/mol. The zero-order valence-electron chi connectivity index (χ0n) is 33.9. The van der Waals surface area contributed by atoms with Crippen LogP contribution in [-0.4, -0.2) is 92.4 Å². The lowest BCUT2D eigenvalue weighted by atomic mass is 9.92. The lowest BCUT2D eigenvalue weighted by Crippen LogP contribution is -2.31. The molecule has 2 atom stereocenters. The molecule has 0 aliphatic rings. The molecule has 2 unspecified atom stereocenters. The van der Waals surface area contributed by atoms with Gasteiger partial charge in [-0.2, -0.15) is 0 Å². The molecule has 0 bridgehead atoms. The lowest BCUT2D eigenvalue weighted by Gasteiger charge is -2.22. The second kappa shape index (κ2) is 18.3. The molecule has 11 heteroatoms. The number of carbonyl (C=O) groups excluding carboxylic acids is 4. The van der Waals surface area contributed by atoms with Crippen LogP contribution in [0.2, 0.25) is 0 Å². The van der Waals surface area contributed by atoms with Gasteiger partial charge in [0.25, 0.3) is 0 Å². The van der Waals surface area contributed by atoms with Gasteiger partial charge in [-0.05, 0) is 89.8 Å². The summed E-state index contributed by atoms with van der Waals surface area (Å²) >= 11 is 0. The van der Waals surface area contributed by atoms with E-state index in [1.807, 2.05) is 0 Å². The van der Waals surface area contributed by atoms with E-state index in [1.165, 1.54) is 55.4 Å². The third-order valence-corrected chi connectivity index (χ3v) is 9.10. The van der Waals surface area contributed by atoms with E-state index in [4.69, 9.17) is 14.2 Å². The van der Waals surface area contributed by atoms with Gasteiger partial charge < -0.3 is 34.6 Å². The Morgan fingerprint density at radius 1 is 0.421 bits per heavy atom. The molecule has 0 aliphatic heterocycles. The highest BCUT2D eigenvalue weighted by Crippen LogP contribution is 2.31. The van der Waals surface area contributed by atoms with E-state index in [1.54, 1.807) is 97.1 Å². The van der Waals surface area contributed by atoms with E-state index >= 15 is 0 Å². The zero-order valence-corrected chi connectivity index (χ0v) is 33.9. The van der Waals surface area contributed by atoms with Crippen molar-refractivity contribution in [1.29, 1.82) is 0 Å². The fourth-order valence-electron chi connectivity index (χ4n) is 6.04. The van der Waals surface area contributed by atoms with Crippen molar-refractivity contribution >= 4 is 23.1 Å². The molecule has 0 fully saturated rings. The van der Waals surface area contributed by atoms with E-state index in [2.05, 4.69) is 0 Å². The molecule has 4 aromatic carbocycles. The summed E-state index contributed by atoms with van der Waals surface area (Å²) in [6, 6.07) is 26.9. The second-order valence-corrected chi connectivity index (χ2v) is 16.2. The van der Waals surface area contributed by atoms with Gasteiger partial charge in [0.2, 0.25) is 0 Å². The quantitative estimate of drug-likeness (QED) is 0.0574. The minimum absolute atomic E-state index is 0.125. The fourth-order valence-corrected chi connectivity index (χ4v) is 6.04. The standard InChI is InChI=1S/C46H54O11/c1-43(2,51)39(47)31-19-15-29(16-20-31)37(33-11-9-13-35(27-33)41(49)45(5,6)53)56-25-23-55-24-26-57-38(30-17-21-32(22-18-30)40(48)44(3,4)52)34-12-10-14-36(28-34)42(50)46(7,8)54/h9-22,27-28,37-38,51-54H,23-26H2,1-8H3. The predicted octanol–water partition coefficient (Wildman–Crippen LogP) is 6.43. The smallest absolute Gasteiger partial charge is 0.193 e. The maximum atomic E-state index is 12.9. The Kier molecular flexibility index (Phi) is 14.4. The van der Waals surface area contributed by atoms with Crippen molar-refractivity contribution in [3.05, 3.63) is 142 Å². The first-order chi connectivity index (χ1) is 26.5. The van der Waals surface area contributed by atoms with Crippen molar-refractivity contribution < 1.29 is 53.8 Å². The molecule has 0 aromatic heterocycles. The topological polar surface area (TPSA) is 177 Å². The summed E-state index contributed by atoms with van der Waals surface area (Å²) in [5.74, 6) is -1.78. The highest BCUT2D eigenvalue weighted by Gasteiger charge is 2.30. The molecule has 0 heterocycles. The van der Waals surface area contributed by atoms with Gasteiger partial charge in [-0.3, -0.25) is 19.2 Å². The third kappa shape index (κ3) is 12.1. The Hall–Kier alpha value is -4.72. The molecule has 4 aromatic rings.